The highest BCUT2D eigenvalue weighted by Crippen LogP contribution is 2.27. The number of rotatable bonds is 6. The molecule has 0 amide bonds. The lowest BCUT2D eigenvalue weighted by molar-refractivity contribution is 0.473. The topological polar surface area (TPSA) is 28.4 Å². The van der Waals surface area contributed by atoms with Crippen LogP contribution >= 0.6 is 0 Å². The zero-order chi connectivity index (χ0) is 15.4. The van der Waals surface area contributed by atoms with E-state index in [0.717, 1.165) is 17.9 Å². The van der Waals surface area contributed by atoms with Crippen molar-refractivity contribution in [1.82, 2.24) is 0 Å². The van der Waals surface area contributed by atoms with Crippen LogP contribution in [0.2, 0.25) is 0 Å². The van der Waals surface area contributed by atoms with Crippen molar-refractivity contribution in [3.8, 4) is 0 Å². The molecule has 2 aromatic rings. The van der Waals surface area contributed by atoms with Crippen molar-refractivity contribution in [2.24, 2.45) is 0 Å². The summed E-state index contributed by atoms with van der Waals surface area (Å²) >= 11 is 0. The fourth-order valence-electron chi connectivity index (χ4n) is 2.23. The summed E-state index contributed by atoms with van der Waals surface area (Å²) in [7, 11) is 1.90. The predicted molar refractivity (Wildman–Crippen MR) is 85.3 cm³/mol. The van der Waals surface area contributed by atoms with Gasteiger partial charge in [-0.1, -0.05) is 6.92 Å². The molecule has 114 valence electrons. The van der Waals surface area contributed by atoms with Crippen molar-refractivity contribution < 1.29 is 8.81 Å². The molecule has 0 radical (unpaired) electrons. The summed E-state index contributed by atoms with van der Waals surface area (Å²) < 4.78 is 19.7. The van der Waals surface area contributed by atoms with Crippen LogP contribution in [0, 0.1) is 5.82 Å². The van der Waals surface area contributed by atoms with Crippen LogP contribution in [0.3, 0.4) is 0 Å². The van der Waals surface area contributed by atoms with E-state index in [0.29, 0.717) is 5.69 Å². The van der Waals surface area contributed by atoms with Crippen molar-refractivity contribution in [3.05, 3.63) is 48.2 Å². The number of benzene rings is 1. The van der Waals surface area contributed by atoms with Gasteiger partial charge in [-0.05, 0) is 50.6 Å². The lowest BCUT2D eigenvalue weighted by Crippen LogP contribution is -2.26. The molecule has 1 N–H and O–H groups in total. The summed E-state index contributed by atoms with van der Waals surface area (Å²) in [6, 6.07) is 9.35. The maximum absolute atomic E-state index is 14.3. The Morgan fingerprint density at radius 1 is 1.29 bits per heavy atom. The molecule has 3 nitrogen and oxygen atoms in total. The number of furan rings is 1. The molecule has 1 aromatic carbocycles. The van der Waals surface area contributed by atoms with Crippen LogP contribution in [0.15, 0.2) is 41.0 Å². The van der Waals surface area contributed by atoms with Gasteiger partial charge >= 0.3 is 0 Å². The molecule has 0 aliphatic carbocycles. The standard InChI is InChI=1S/C17H23FN2O/c1-5-15(17-7-6-10-21-17)19-13-8-9-16(14(18)11-13)20(4)12(2)3/h6-12,15,19H,5H2,1-4H3. The molecule has 1 atom stereocenters. The van der Waals surface area contributed by atoms with Gasteiger partial charge in [-0.25, -0.2) is 4.39 Å². The Balaban J connectivity index is 2.16. The third kappa shape index (κ3) is 3.57. The minimum atomic E-state index is -0.217. The van der Waals surface area contributed by atoms with E-state index in [2.05, 4.69) is 12.2 Å². The second-order valence-electron chi connectivity index (χ2n) is 5.49. The molecule has 21 heavy (non-hydrogen) atoms. The second-order valence-corrected chi connectivity index (χ2v) is 5.49. The Morgan fingerprint density at radius 3 is 2.57 bits per heavy atom. The van der Waals surface area contributed by atoms with Gasteiger partial charge in [0, 0.05) is 18.8 Å². The molecule has 1 aromatic heterocycles. The van der Waals surface area contributed by atoms with Gasteiger partial charge in [0.25, 0.3) is 0 Å². The first-order chi connectivity index (χ1) is 10.0. The van der Waals surface area contributed by atoms with Gasteiger partial charge in [-0.2, -0.15) is 0 Å². The monoisotopic (exact) mass is 290 g/mol. The maximum Gasteiger partial charge on any atom is 0.148 e. The first-order valence-electron chi connectivity index (χ1n) is 7.35. The van der Waals surface area contributed by atoms with Gasteiger partial charge in [-0.15, -0.1) is 0 Å². The van der Waals surface area contributed by atoms with Gasteiger partial charge < -0.3 is 14.6 Å². The molecule has 0 saturated heterocycles. The third-order valence-corrected chi connectivity index (χ3v) is 3.74. The van der Waals surface area contributed by atoms with E-state index in [-0.39, 0.29) is 17.9 Å². The molecule has 1 heterocycles. The fourth-order valence-corrected chi connectivity index (χ4v) is 2.23. The number of halogens is 1. The van der Waals surface area contributed by atoms with Crippen LogP contribution in [0.5, 0.6) is 0 Å². The smallest absolute Gasteiger partial charge is 0.148 e. The molecule has 0 aliphatic heterocycles. The zero-order valence-corrected chi connectivity index (χ0v) is 13.1. The van der Waals surface area contributed by atoms with E-state index < -0.39 is 0 Å². The molecule has 0 bridgehead atoms. The number of hydrogen-bond acceptors (Lipinski definition) is 3. The highest BCUT2D eigenvalue weighted by atomic mass is 19.1. The summed E-state index contributed by atoms with van der Waals surface area (Å²) in [5, 5.41) is 3.32. The summed E-state index contributed by atoms with van der Waals surface area (Å²) in [4.78, 5) is 1.92. The van der Waals surface area contributed by atoms with Gasteiger partial charge in [0.2, 0.25) is 0 Å². The summed E-state index contributed by atoms with van der Waals surface area (Å²) in [5.74, 6) is 0.645. The molecule has 2 rings (SSSR count). The van der Waals surface area contributed by atoms with Crippen molar-refractivity contribution in [1.29, 1.82) is 0 Å². The fraction of sp³-hybridized carbons (Fsp3) is 0.412. The van der Waals surface area contributed by atoms with E-state index in [4.69, 9.17) is 4.42 Å². The van der Waals surface area contributed by atoms with Gasteiger partial charge in [0.15, 0.2) is 0 Å². The highest BCUT2D eigenvalue weighted by molar-refractivity contribution is 5.56. The van der Waals surface area contributed by atoms with E-state index in [9.17, 15) is 4.39 Å². The number of nitrogens with zero attached hydrogens (tertiary/aromatic N) is 1. The molecule has 0 saturated carbocycles. The van der Waals surface area contributed by atoms with E-state index >= 15 is 0 Å². The van der Waals surface area contributed by atoms with E-state index in [1.54, 1.807) is 12.3 Å². The normalized spacial score (nSPS) is 12.5. The maximum atomic E-state index is 14.3. The Hall–Kier alpha value is -1.97. The van der Waals surface area contributed by atoms with Crippen LogP contribution in [0.1, 0.15) is 39.0 Å². The van der Waals surface area contributed by atoms with Crippen LogP contribution in [0.4, 0.5) is 15.8 Å². The Bertz CT molecular complexity index is 566. The van der Waals surface area contributed by atoms with Crippen molar-refractivity contribution in [2.75, 3.05) is 17.3 Å². The van der Waals surface area contributed by atoms with Crippen LogP contribution < -0.4 is 10.2 Å². The molecule has 0 fully saturated rings. The van der Waals surface area contributed by atoms with Crippen molar-refractivity contribution in [2.45, 2.75) is 39.3 Å². The number of hydrogen-bond donors (Lipinski definition) is 1. The SMILES string of the molecule is CCC(Nc1ccc(N(C)C(C)C)c(F)c1)c1ccco1. The first-order valence-corrected chi connectivity index (χ1v) is 7.35. The molecule has 0 aliphatic rings. The summed E-state index contributed by atoms with van der Waals surface area (Å²) in [5.41, 5.74) is 1.37. The minimum absolute atomic E-state index is 0.0491. The Kier molecular flexibility index (Phi) is 4.89. The van der Waals surface area contributed by atoms with Crippen molar-refractivity contribution in [3.63, 3.8) is 0 Å². The average Bonchev–Trinajstić information content (AvgIpc) is 2.98. The van der Waals surface area contributed by atoms with Crippen molar-refractivity contribution >= 4 is 11.4 Å². The Morgan fingerprint density at radius 2 is 2.05 bits per heavy atom. The number of anilines is 2. The van der Waals surface area contributed by atoms with Gasteiger partial charge in [-0.3, -0.25) is 0 Å². The third-order valence-electron chi connectivity index (χ3n) is 3.74. The second kappa shape index (κ2) is 6.66. The van der Waals surface area contributed by atoms with Crippen LogP contribution in [0.25, 0.3) is 0 Å². The van der Waals surface area contributed by atoms with E-state index in [1.165, 1.54) is 0 Å². The molecule has 1 unspecified atom stereocenters. The average molecular weight is 290 g/mol. The molecule has 4 heteroatoms. The summed E-state index contributed by atoms with van der Waals surface area (Å²) in [6.07, 6.45) is 2.52. The van der Waals surface area contributed by atoms with E-state index in [1.807, 2.05) is 50.1 Å². The first kappa shape index (κ1) is 15.4. The predicted octanol–water partition coefficient (Wildman–Crippen LogP) is 4.83. The molecule has 0 spiro atoms. The van der Waals surface area contributed by atoms with Gasteiger partial charge in [0.05, 0.1) is 18.0 Å². The highest BCUT2D eigenvalue weighted by Gasteiger charge is 2.14. The Labute approximate surface area is 125 Å². The lowest BCUT2D eigenvalue weighted by Gasteiger charge is -2.25. The lowest BCUT2D eigenvalue weighted by atomic mass is 10.1. The minimum Gasteiger partial charge on any atom is -0.467 e. The molecular weight excluding hydrogens is 267 g/mol. The largest absolute Gasteiger partial charge is 0.467 e. The molecular formula is C17H23FN2O. The summed E-state index contributed by atoms with van der Waals surface area (Å²) in [6.45, 7) is 6.14. The zero-order valence-electron chi connectivity index (χ0n) is 13.1. The van der Waals surface area contributed by atoms with Crippen LogP contribution in [-0.4, -0.2) is 13.1 Å². The quantitative estimate of drug-likeness (QED) is 0.826. The number of nitrogens with one attached hydrogen (secondary N) is 1. The van der Waals surface area contributed by atoms with Gasteiger partial charge in [0.1, 0.15) is 11.6 Å². The van der Waals surface area contributed by atoms with Crippen LogP contribution in [-0.2, 0) is 0 Å².